The molecule has 4 nitrogen and oxygen atoms in total. The molecule has 74 valence electrons. The maximum atomic E-state index is 5.44. The largest absolute Gasteiger partial charge is 0.374 e. The predicted molar refractivity (Wildman–Crippen MR) is 61.3 cm³/mol. The average Bonchev–Trinajstić information content (AvgIpc) is 2.53. The van der Waals surface area contributed by atoms with E-state index in [-0.39, 0.29) is 12.4 Å². The molecule has 0 atom stereocenters. The SMILES string of the molecule is Cl.Nc1nc(Nc2ccccc2)ns1. The lowest BCUT2D eigenvalue weighted by atomic mass is 10.3. The Morgan fingerprint density at radius 3 is 2.50 bits per heavy atom. The number of benzene rings is 1. The van der Waals surface area contributed by atoms with Crippen LogP contribution >= 0.6 is 23.9 Å². The summed E-state index contributed by atoms with van der Waals surface area (Å²) in [6.07, 6.45) is 0. The molecule has 0 aliphatic rings. The van der Waals surface area contributed by atoms with Gasteiger partial charge in [-0.3, -0.25) is 0 Å². The Balaban J connectivity index is 0.000000980. The summed E-state index contributed by atoms with van der Waals surface area (Å²) in [7, 11) is 0. The molecule has 6 heteroatoms. The number of nitrogens with two attached hydrogens (primary N) is 1. The van der Waals surface area contributed by atoms with Crippen LogP contribution in [-0.4, -0.2) is 9.36 Å². The average molecular weight is 229 g/mol. The molecule has 3 N–H and O–H groups in total. The van der Waals surface area contributed by atoms with Crippen LogP contribution in [0.2, 0.25) is 0 Å². The monoisotopic (exact) mass is 228 g/mol. The van der Waals surface area contributed by atoms with Crippen molar-refractivity contribution < 1.29 is 0 Å². The number of hydrogen-bond donors (Lipinski definition) is 2. The van der Waals surface area contributed by atoms with Crippen molar-refractivity contribution in [3.05, 3.63) is 30.3 Å². The van der Waals surface area contributed by atoms with Gasteiger partial charge in [0.2, 0.25) is 11.1 Å². The summed E-state index contributed by atoms with van der Waals surface area (Å²) in [6, 6.07) is 9.72. The lowest BCUT2D eigenvalue weighted by molar-refractivity contribution is 1.31. The van der Waals surface area contributed by atoms with E-state index in [1.165, 1.54) is 11.5 Å². The van der Waals surface area contributed by atoms with Gasteiger partial charge in [0.05, 0.1) is 0 Å². The maximum Gasteiger partial charge on any atom is 0.240 e. The van der Waals surface area contributed by atoms with Crippen LogP contribution in [0.15, 0.2) is 30.3 Å². The van der Waals surface area contributed by atoms with Crippen molar-refractivity contribution in [3.63, 3.8) is 0 Å². The number of hydrogen-bond acceptors (Lipinski definition) is 5. The van der Waals surface area contributed by atoms with Gasteiger partial charge in [-0.2, -0.15) is 9.36 Å². The van der Waals surface area contributed by atoms with Gasteiger partial charge in [0, 0.05) is 17.2 Å². The maximum absolute atomic E-state index is 5.44. The topological polar surface area (TPSA) is 63.8 Å². The van der Waals surface area contributed by atoms with Crippen molar-refractivity contribution in [2.24, 2.45) is 0 Å². The van der Waals surface area contributed by atoms with Crippen molar-refractivity contribution in [1.29, 1.82) is 0 Å². The molecule has 0 spiro atoms. The number of anilines is 3. The molecule has 0 aliphatic heterocycles. The number of aromatic nitrogens is 2. The van der Waals surface area contributed by atoms with E-state index in [0.717, 1.165) is 5.69 Å². The van der Waals surface area contributed by atoms with E-state index < -0.39 is 0 Å². The second kappa shape index (κ2) is 4.78. The van der Waals surface area contributed by atoms with E-state index in [1.807, 2.05) is 30.3 Å². The molecule has 0 saturated carbocycles. The first-order chi connectivity index (χ1) is 6.34. The van der Waals surface area contributed by atoms with E-state index >= 15 is 0 Å². The van der Waals surface area contributed by atoms with Crippen molar-refractivity contribution in [3.8, 4) is 0 Å². The summed E-state index contributed by atoms with van der Waals surface area (Å²) in [5.41, 5.74) is 6.40. The standard InChI is InChI=1S/C8H8N4S.ClH/c9-7-11-8(12-13-7)10-6-4-2-1-3-5-6;/h1-5H,(H3,9,10,11,12);1H. The Labute approximate surface area is 91.8 Å². The van der Waals surface area contributed by atoms with E-state index in [2.05, 4.69) is 14.7 Å². The molecule has 1 heterocycles. The molecular weight excluding hydrogens is 220 g/mol. The minimum absolute atomic E-state index is 0. The van der Waals surface area contributed by atoms with Crippen LogP contribution in [0.4, 0.5) is 16.8 Å². The van der Waals surface area contributed by atoms with Gasteiger partial charge in [-0.15, -0.1) is 12.4 Å². The molecule has 0 fully saturated rings. The van der Waals surface area contributed by atoms with Crippen LogP contribution in [-0.2, 0) is 0 Å². The first kappa shape index (κ1) is 10.7. The Morgan fingerprint density at radius 1 is 1.21 bits per heavy atom. The number of nitrogens with zero attached hydrogens (tertiary/aromatic N) is 2. The van der Waals surface area contributed by atoms with Crippen LogP contribution in [0.25, 0.3) is 0 Å². The minimum Gasteiger partial charge on any atom is -0.374 e. The van der Waals surface area contributed by atoms with Crippen LogP contribution in [0.1, 0.15) is 0 Å². The zero-order chi connectivity index (χ0) is 9.10. The molecule has 0 radical (unpaired) electrons. The summed E-state index contributed by atoms with van der Waals surface area (Å²) >= 11 is 1.18. The fourth-order valence-electron chi connectivity index (χ4n) is 0.937. The molecule has 0 amide bonds. The molecule has 0 unspecified atom stereocenters. The normalized spacial score (nSPS) is 9.14. The highest BCUT2D eigenvalue weighted by Crippen LogP contribution is 2.15. The highest BCUT2D eigenvalue weighted by atomic mass is 35.5. The summed E-state index contributed by atoms with van der Waals surface area (Å²) in [5.74, 6) is 0.550. The summed E-state index contributed by atoms with van der Waals surface area (Å²) in [4.78, 5) is 3.98. The zero-order valence-corrected chi connectivity index (χ0v) is 8.81. The Hall–Kier alpha value is -1.33. The number of halogens is 1. The van der Waals surface area contributed by atoms with Gasteiger partial charge in [-0.25, -0.2) is 0 Å². The second-order valence-corrected chi connectivity index (χ2v) is 3.23. The third-order valence-electron chi connectivity index (χ3n) is 1.47. The third kappa shape index (κ3) is 2.58. The van der Waals surface area contributed by atoms with Crippen LogP contribution < -0.4 is 11.1 Å². The molecule has 0 bridgehead atoms. The highest BCUT2D eigenvalue weighted by molar-refractivity contribution is 7.09. The second-order valence-electron chi connectivity index (χ2n) is 2.45. The van der Waals surface area contributed by atoms with Crippen molar-refractivity contribution in [2.45, 2.75) is 0 Å². The summed E-state index contributed by atoms with van der Waals surface area (Å²) in [6.45, 7) is 0. The molecule has 2 rings (SSSR count). The third-order valence-corrected chi connectivity index (χ3v) is 2.01. The first-order valence-electron chi connectivity index (χ1n) is 3.76. The van der Waals surface area contributed by atoms with Crippen molar-refractivity contribution in [2.75, 3.05) is 11.1 Å². The van der Waals surface area contributed by atoms with Gasteiger partial charge >= 0.3 is 0 Å². The van der Waals surface area contributed by atoms with Crippen molar-refractivity contribution >= 4 is 40.7 Å². The molecular formula is C8H9ClN4S. The Bertz CT molecular complexity index is 389. The molecule has 2 aromatic rings. The summed E-state index contributed by atoms with van der Waals surface area (Å²) < 4.78 is 4.01. The molecule has 1 aromatic carbocycles. The lowest BCUT2D eigenvalue weighted by Gasteiger charge is -1.98. The molecule has 0 aliphatic carbocycles. The number of nitrogens with one attached hydrogen (secondary N) is 1. The fraction of sp³-hybridized carbons (Fsp3) is 0. The molecule has 1 aromatic heterocycles. The van der Waals surface area contributed by atoms with Gasteiger partial charge in [0.15, 0.2) is 0 Å². The first-order valence-corrected chi connectivity index (χ1v) is 4.53. The van der Waals surface area contributed by atoms with Gasteiger partial charge in [0.25, 0.3) is 0 Å². The van der Waals surface area contributed by atoms with Crippen LogP contribution in [0.3, 0.4) is 0 Å². The van der Waals surface area contributed by atoms with E-state index in [1.54, 1.807) is 0 Å². The number of rotatable bonds is 2. The van der Waals surface area contributed by atoms with Crippen LogP contribution in [0.5, 0.6) is 0 Å². The smallest absolute Gasteiger partial charge is 0.240 e. The fourth-order valence-corrected chi connectivity index (χ4v) is 1.33. The zero-order valence-electron chi connectivity index (χ0n) is 7.18. The summed E-state index contributed by atoms with van der Waals surface area (Å²) in [5, 5.41) is 3.50. The Morgan fingerprint density at radius 2 is 1.93 bits per heavy atom. The number of nitrogen functional groups attached to an aromatic ring is 1. The predicted octanol–water partition coefficient (Wildman–Crippen LogP) is 2.29. The highest BCUT2D eigenvalue weighted by Gasteiger charge is 1.99. The molecule has 0 saturated heterocycles. The minimum atomic E-state index is 0. The van der Waals surface area contributed by atoms with E-state index in [0.29, 0.717) is 11.1 Å². The molecule has 14 heavy (non-hydrogen) atoms. The van der Waals surface area contributed by atoms with Gasteiger partial charge in [-0.1, -0.05) is 18.2 Å². The van der Waals surface area contributed by atoms with Gasteiger partial charge < -0.3 is 11.1 Å². The van der Waals surface area contributed by atoms with Crippen LogP contribution in [0, 0.1) is 0 Å². The van der Waals surface area contributed by atoms with E-state index in [4.69, 9.17) is 5.73 Å². The lowest BCUT2D eigenvalue weighted by Crippen LogP contribution is -1.91. The van der Waals surface area contributed by atoms with E-state index in [9.17, 15) is 0 Å². The quantitative estimate of drug-likeness (QED) is 0.828. The van der Waals surface area contributed by atoms with Crippen molar-refractivity contribution in [1.82, 2.24) is 9.36 Å². The van der Waals surface area contributed by atoms with Gasteiger partial charge in [0.1, 0.15) is 0 Å². The van der Waals surface area contributed by atoms with Gasteiger partial charge in [-0.05, 0) is 12.1 Å². The Kier molecular flexibility index (Phi) is 3.67. The number of para-hydroxylation sites is 1.